The number of rotatable bonds is 5. The Bertz CT molecular complexity index is 459. The van der Waals surface area contributed by atoms with E-state index in [-0.39, 0.29) is 5.54 Å². The van der Waals surface area contributed by atoms with Crippen molar-refractivity contribution in [2.75, 3.05) is 19.6 Å². The fraction of sp³-hybridized carbons (Fsp3) is 0.824. The maximum Gasteiger partial charge on any atom is 0.115 e. The zero-order chi connectivity index (χ0) is 14.9. The lowest BCUT2D eigenvalue weighted by atomic mass is 9.98. The van der Waals surface area contributed by atoms with Crippen molar-refractivity contribution in [1.82, 2.24) is 15.2 Å². The average molecular weight is 308 g/mol. The highest BCUT2D eigenvalue weighted by atomic mass is 32.1. The van der Waals surface area contributed by atoms with Crippen molar-refractivity contribution in [1.29, 1.82) is 0 Å². The number of aromatic nitrogens is 1. The van der Waals surface area contributed by atoms with Crippen LogP contribution in [0.3, 0.4) is 0 Å². The molecule has 1 atom stereocenters. The first-order valence-corrected chi connectivity index (χ1v) is 9.44. The van der Waals surface area contributed by atoms with Gasteiger partial charge in [-0.25, -0.2) is 4.98 Å². The van der Waals surface area contributed by atoms with Crippen molar-refractivity contribution >= 4 is 11.3 Å². The normalized spacial score (nSPS) is 26.5. The van der Waals surface area contributed by atoms with E-state index in [0.717, 1.165) is 13.1 Å². The Morgan fingerprint density at radius 3 is 2.81 bits per heavy atom. The van der Waals surface area contributed by atoms with Crippen molar-refractivity contribution in [2.24, 2.45) is 0 Å². The molecule has 2 aliphatic rings. The first-order valence-electron chi connectivity index (χ1n) is 8.63. The minimum absolute atomic E-state index is 0.113. The summed E-state index contributed by atoms with van der Waals surface area (Å²) in [7, 11) is 0. The highest BCUT2D eigenvalue weighted by Crippen LogP contribution is 2.38. The van der Waals surface area contributed by atoms with Gasteiger partial charge in [0, 0.05) is 24.0 Å². The number of hydrogen-bond acceptors (Lipinski definition) is 4. The summed E-state index contributed by atoms with van der Waals surface area (Å²) >= 11 is 2.00. The van der Waals surface area contributed by atoms with E-state index in [9.17, 15) is 0 Å². The molecule has 0 radical (unpaired) electrons. The molecule has 118 valence electrons. The SMILES string of the molecule is CCCNC1(c2nc3c(s2)CCCC3)CCN(C(C)C)C1. The lowest BCUT2D eigenvalue weighted by molar-refractivity contribution is 0.239. The Balaban J connectivity index is 1.87. The van der Waals surface area contributed by atoms with Crippen LogP contribution in [0, 0.1) is 0 Å². The van der Waals surface area contributed by atoms with Gasteiger partial charge in [-0.15, -0.1) is 11.3 Å². The summed E-state index contributed by atoms with van der Waals surface area (Å²) in [6.45, 7) is 10.3. The van der Waals surface area contributed by atoms with Crippen molar-refractivity contribution in [3.05, 3.63) is 15.6 Å². The predicted molar refractivity (Wildman–Crippen MR) is 90.1 cm³/mol. The lowest BCUT2D eigenvalue weighted by Gasteiger charge is -2.30. The van der Waals surface area contributed by atoms with E-state index in [0.29, 0.717) is 6.04 Å². The summed E-state index contributed by atoms with van der Waals surface area (Å²) in [4.78, 5) is 9.25. The zero-order valence-electron chi connectivity index (χ0n) is 13.7. The molecular weight excluding hydrogens is 278 g/mol. The quantitative estimate of drug-likeness (QED) is 0.904. The molecule has 0 bridgehead atoms. The first-order chi connectivity index (χ1) is 10.1. The summed E-state index contributed by atoms with van der Waals surface area (Å²) in [6.07, 6.45) is 7.52. The van der Waals surface area contributed by atoms with E-state index in [1.54, 1.807) is 4.88 Å². The fourth-order valence-corrected chi connectivity index (χ4v) is 4.93. The summed E-state index contributed by atoms with van der Waals surface area (Å²) in [5.41, 5.74) is 1.52. The van der Waals surface area contributed by atoms with Gasteiger partial charge >= 0.3 is 0 Å². The Labute approximate surface area is 133 Å². The number of thiazole rings is 1. The first kappa shape index (κ1) is 15.4. The Morgan fingerprint density at radius 2 is 2.14 bits per heavy atom. The van der Waals surface area contributed by atoms with Crippen LogP contribution >= 0.6 is 11.3 Å². The molecular formula is C17H29N3S. The van der Waals surface area contributed by atoms with Crippen LogP contribution in [0.1, 0.15) is 62.0 Å². The molecule has 1 aromatic heterocycles. The van der Waals surface area contributed by atoms with Gasteiger partial charge in [0.05, 0.1) is 11.2 Å². The number of aryl methyl sites for hydroxylation is 2. The van der Waals surface area contributed by atoms with Gasteiger partial charge in [0.1, 0.15) is 5.01 Å². The van der Waals surface area contributed by atoms with E-state index in [2.05, 4.69) is 31.0 Å². The highest BCUT2D eigenvalue weighted by molar-refractivity contribution is 7.11. The van der Waals surface area contributed by atoms with Crippen LogP contribution in [-0.4, -0.2) is 35.6 Å². The van der Waals surface area contributed by atoms with Gasteiger partial charge in [0.25, 0.3) is 0 Å². The van der Waals surface area contributed by atoms with Crippen LogP contribution in [0.4, 0.5) is 0 Å². The zero-order valence-corrected chi connectivity index (χ0v) is 14.6. The summed E-state index contributed by atoms with van der Waals surface area (Å²) in [5, 5.41) is 5.23. The molecule has 1 unspecified atom stereocenters. The number of nitrogens with zero attached hydrogens (tertiary/aromatic N) is 2. The molecule has 21 heavy (non-hydrogen) atoms. The molecule has 1 saturated heterocycles. The Kier molecular flexibility index (Phi) is 4.67. The van der Waals surface area contributed by atoms with E-state index in [4.69, 9.17) is 4.98 Å². The molecule has 3 nitrogen and oxygen atoms in total. The van der Waals surface area contributed by atoms with Crippen molar-refractivity contribution < 1.29 is 0 Å². The smallest absolute Gasteiger partial charge is 0.115 e. The van der Waals surface area contributed by atoms with Gasteiger partial charge in [-0.3, -0.25) is 4.90 Å². The molecule has 1 N–H and O–H groups in total. The molecule has 1 fully saturated rings. The van der Waals surface area contributed by atoms with Gasteiger partial charge in [-0.05, 0) is 58.9 Å². The molecule has 1 aliphatic heterocycles. The second-order valence-corrected chi connectivity index (χ2v) is 8.00. The monoisotopic (exact) mass is 307 g/mol. The van der Waals surface area contributed by atoms with Crippen molar-refractivity contribution in [3.8, 4) is 0 Å². The minimum Gasteiger partial charge on any atom is -0.304 e. The number of hydrogen-bond donors (Lipinski definition) is 1. The lowest BCUT2D eigenvalue weighted by Crippen LogP contribution is -2.46. The van der Waals surface area contributed by atoms with Gasteiger partial charge in [0.2, 0.25) is 0 Å². The van der Waals surface area contributed by atoms with Crippen molar-refractivity contribution in [2.45, 2.75) is 70.9 Å². The second-order valence-electron chi connectivity index (χ2n) is 6.92. The van der Waals surface area contributed by atoms with E-state index in [1.807, 2.05) is 11.3 Å². The Hall–Kier alpha value is -0.450. The van der Waals surface area contributed by atoms with E-state index >= 15 is 0 Å². The molecule has 0 spiro atoms. The second kappa shape index (κ2) is 6.35. The summed E-state index contributed by atoms with van der Waals surface area (Å²) in [6, 6.07) is 0.630. The maximum absolute atomic E-state index is 5.08. The fourth-order valence-electron chi connectivity index (χ4n) is 3.60. The molecule has 4 heteroatoms. The van der Waals surface area contributed by atoms with E-state index in [1.165, 1.54) is 55.8 Å². The third kappa shape index (κ3) is 3.03. The third-order valence-corrected chi connectivity index (χ3v) is 6.36. The van der Waals surface area contributed by atoms with Gasteiger partial charge in [-0.1, -0.05) is 6.92 Å². The van der Waals surface area contributed by atoms with Crippen LogP contribution in [0.15, 0.2) is 0 Å². The number of fused-ring (bicyclic) bond motifs is 1. The van der Waals surface area contributed by atoms with Gasteiger partial charge < -0.3 is 5.32 Å². The highest BCUT2D eigenvalue weighted by Gasteiger charge is 2.42. The molecule has 0 amide bonds. The summed E-state index contributed by atoms with van der Waals surface area (Å²) in [5.74, 6) is 0. The number of nitrogens with one attached hydrogen (secondary N) is 1. The van der Waals surface area contributed by atoms with Crippen LogP contribution in [0.2, 0.25) is 0 Å². The molecule has 1 aliphatic carbocycles. The average Bonchev–Trinajstić information content (AvgIpc) is 3.10. The van der Waals surface area contributed by atoms with Crippen LogP contribution < -0.4 is 5.32 Å². The van der Waals surface area contributed by atoms with Crippen LogP contribution in [-0.2, 0) is 18.4 Å². The van der Waals surface area contributed by atoms with Gasteiger partial charge in [-0.2, -0.15) is 0 Å². The molecule has 0 aromatic carbocycles. The third-order valence-electron chi connectivity index (χ3n) is 5.00. The predicted octanol–water partition coefficient (Wildman–Crippen LogP) is 3.33. The molecule has 2 heterocycles. The van der Waals surface area contributed by atoms with Gasteiger partial charge in [0.15, 0.2) is 0 Å². The maximum atomic E-state index is 5.08. The summed E-state index contributed by atoms with van der Waals surface area (Å²) < 4.78 is 0. The topological polar surface area (TPSA) is 28.2 Å². The minimum atomic E-state index is 0.113. The van der Waals surface area contributed by atoms with Crippen LogP contribution in [0.25, 0.3) is 0 Å². The Morgan fingerprint density at radius 1 is 1.33 bits per heavy atom. The van der Waals surface area contributed by atoms with Crippen molar-refractivity contribution in [3.63, 3.8) is 0 Å². The largest absolute Gasteiger partial charge is 0.304 e. The number of likely N-dealkylation sites (tertiary alicyclic amines) is 1. The van der Waals surface area contributed by atoms with Crippen LogP contribution in [0.5, 0.6) is 0 Å². The standard InChI is InChI=1S/C17H29N3S/c1-4-10-18-17(9-11-20(12-17)13(2)3)16-19-14-7-5-6-8-15(14)21-16/h13,18H,4-12H2,1-3H3. The van der Waals surface area contributed by atoms with E-state index < -0.39 is 0 Å². The molecule has 3 rings (SSSR count). The molecule has 0 saturated carbocycles. The molecule has 1 aromatic rings.